The van der Waals surface area contributed by atoms with Gasteiger partial charge in [-0.1, -0.05) is 26.0 Å². The lowest BCUT2D eigenvalue weighted by Crippen LogP contribution is -2.41. The third-order valence-corrected chi connectivity index (χ3v) is 2.17. The Morgan fingerprint density at radius 1 is 1.33 bits per heavy atom. The highest BCUT2D eigenvalue weighted by Crippen LogP contribution is 2.14. The molecule has 0 heterocycles. The summed E-state index contributed by atoms with van der Waals surface area (Å²) in [4.78, 5) is 11.7. The zero-order valence-electron chi connectivity index (χ0n) is 9.03. The van der Waals surface area contributed by atoms with E-state index in [9.17, 15) is 9.90 Å². The summed E-state index contributed by atoms with van der Waals surface area (Å²) in [6.45, 7) is 5.37. The van der Waals surface area contributed by atoms with Gasteiger partial charge in [-0.15, -0.1) is 0 Å². The molecule has 82 valence electrons. The van der Waals surface area contributed by atoms with Crippen LogP contribution in [-0.4, -0.2) is 29.1 Å². The number of nitrogens with zero attached hydrogens (tertiary/aromatic N) is 1. The third-order valence-electron chi connectivity index (χ3n) is 2.17. The average molecular weight is 208 g/mol. The number of carbonyl (C=O) groups excluding carboxylic acids is 1. The van der Waals surface area contributed by atoms with E-state index in [0.29, 0.717) is 5.56 Å². The first-order chi connectivity index (χ1) is 7.19. The Kier molecular flexibility index (Phi) is 4.12. The minimum absolute atomic E-state index is 0.00200. The van der Waals surface area contributed by atoms with Crippen LogP contribution in [0.1, 0.15) is 24.2 Å². The lowest BCUT2D eigenvalue weighted by Gasteiger charge is -2.19. The fourth-order valence-electron chi connectivity index (χ4n) is 1.25. The molecular weight excluding hydrogens is 192 g/mol. The largest absolute Gasteiger partial charge is 0.507 e. The van der Waals surface area contributed by atoms with E-state index < -0.39 is 0 Å². The number of phenols is 1. The number of hydrogen-bond donors (Lipinski definition) is 2. The van der Waals surface area contributed by atoms with Gasteiger partial charge in [-0.3, -0.25) is 10.2 Å². The predicted molar refractivity (Wildman–Crippen MR) is 58.5 cm³/mol. The van der Waals surface area contributed by atoms with Crippen molar-refractivity contribution in [1.29, 1.82) is 0 Å². The number of benzene rings is 1. The minimum Gasteiger partial charge on any atom is -0.507 e. The van der Waals surface area contributed by atoms with Crippen LogP contribution in [0.15, 0.2) is 24.3 Å². The zero-order valence-corrected chi connectivity index (χ0v) is 9.03. The van der Waals surface area contributed by atoms with Crippen molar-refractivity contribution in [3.05, 3.63) is 29.8 Å². The molecule has 0 saturated heterocycles. The Bertz CT molecular complexity index is 335. The van der Waals surface area contributed by atoms with E-state index in [-0.39, 0.29) is 11.7 Å². The Morgan fingerprint density at radius 2 is 1.93 bits per heavy atom. The second kappa shape index (κ2) is 5.36. The van der Waals surface area contributed by atoms with Crippen LogP contribution in [0.5, 0.6) is 5.75 Å². The van der Waals surface area contributed by atoms with Gasteiger partial charge in [0.1, 0.15) is 5.75 Å². The van der Waals surface area contributed by atoms with Crippen LogP contribution in [0, 0.1) is 0 Å². The smallest absolute Gasteiger partial charge is 0.269 e. The molecule has 0 saturated carbocycles. The van der Waals surface area contributed by atoms with Gasteiger partial charge in [0.2, 0.25) is 0 Å². The molecule has 0 aliphatic heterocycles. The molecule has 0 unspecified atom stereocenters. The maximum Gasteiger partial charge on any atom is 0.269 e. The molecule has 4 nitrogen and oxygen atoms in total. The second-order valence-electron chi connectivity index (χ2n) is 3.13. The number of hydrazine groups is 1. The molecule has 0 bridgehead atoms. The molecule has 0 aliphatic carbocycles. The first kappa shape index (κ1) is 11.5. The number of nitrogens with one attached hydrogen (secondary N) is 1. The molecular formula is C11H16N2O2. The van der Waals surface area contributed by atoms with Crippen molar-refractivity contribution in [3.63, 3.8) is 0 Å². The summed E-state index contributed by atoms with van der Waals surface area (Å²) in [6.07, 6.45) is 0. The van der Waals surface area contributed by atoms with Crippen LogP contribution in [0.3, 0.4) is 0 Å². The summed E-state index contributed by atoms with van der Waals surface area (Å²) in [7, 11) is 0. The Hall–Kier alpha value is -1.55. The lowest BCUT2D eigenvalue weighted by molar-refractivity contribution is 0.0803. The molecule has 2 N–H and O–H groups in total. The Labute approximate surface area is 89.5 Å². The molecule has 0 spiro atoms. The number of amides is 1. The molecule has 1 aromatic rings. The van der Waals surface area contributed by atoms with Crippen LogP contribution < -0.4 is 5.43 Å². The van der Waals surface area contributed by atoms with Crippen molar-refractivity contribution in [2.75, 3.05) is 13.1 Å². The van der Waals surface area contributed by atoms with E-state index in [1.54, 1.807) is 23.2 Å². The molecule has 1 rings (SSSR count). The quantitative estimate of drug-likeness (QED) is 0.735. The standard InChI is InChI=1S/C11H16N2O2/c1-3-13(4-2)12-11(15)9-7-5-6-8-10(9)14/h5-8,14H,3-4H2,1-2H3,(H,12,15). The summed E-state index contributed by atoms with van der Waals surface area (Å²) in [5, 5.41) is 11.2. The van der Waals surface area contributed by atoms with Crippen LogP contribution in [0.4, 0.5) is 0 Å². The summed E-state index contributed by atoms with van der Waals surface area (Å²) < 4.78 is 0. The van der Waals surface area contributed by atoms with Crippen LogP contribution in [0.2, 0.25) is 0 Å². The summed E-state index contributed by atoms with van der Waals surface area (Å²) in [5.41, 5.74) is 3.00. The van der Waals surface area contributed by atoms with E-state index >= 15 is 0 Å². The van der Waals surface area contributed by atoms with Crippen LogP contribution in [0.25, 0.3) is 0 Å². The zero-order chi connectivity index (χ0) is 11.3. The Balaban J connectivity index is 2.73. The SMILES string of the molecule is CCN(CC)NC(=O)c1ccccc1O. The average Bonchev–Trinajstić information content (AvgIpc) is 2.26. The molecule has 1 amide bonds. The van der Waals surface area contributed by atoms with E-state index in [1.807, 2.05) is 13.8 Å². The van der Waals surface area contributed by atoms with Crippen LogP contribution in [-0.2, 0) is 0 Å². The predicted octanol–water partition coefficient (Wildman–Crippen LogP) is 1.38. The Morgan fingerprint density at radius 3 is 2.47 bits per heavy atom. The molecule has 0 fully saturated rings. The van der Waals surface area contributed by atoms with Crippen molar-refractivity contribution >= 4 is 5.91 Å². The molecule has 0 atom stereocenters. The third kappa shape index (κ3) is 2.95. The first-order valence-corrected chi connectivity index (χ1v) is 5.03. The molecule has 0 aliphatic rings. The van der Waals surface area contributed by atoms with E-state index in [1.165, 1.54) is 6.07 Å². The van der Waals surface area contributed by atoms with E-state index in [2.05, 4.69) is 5.43 Å². The van der Waals surface area contributed by atoms with Crippen molar-refractivity contribution in [2.24, 2.45) is 0 Å². The van der Waals surface area contributed by atoms with Crippen molar-refractivity contribution in [1.82, 2.24) is 10.4 Å². The highest BCUT2D eigenvalue weighted by molar-refractivity contribution is 5.96. The van der Waals surface area contributed by atoms with Gasteiger partial charge in [0.05, 0.1) is 5.56 Å². The van der Waals surface area contributed by atoms with Gasteiger partial charge in [0, 0.05) is 13.1 Å². The number of carbonyl (C=O) groups is 1. The monoisotopic (exact) mass is 208 g/mol. The lowest BCUT2D eigenvalue weighted by atomic mass is 10.2. The highest BCUT2D eigenvalue weighted by Gasteiger charge is 2.11. The van der Waals surface area contributed by atoms with Gasteiger partial charge in [0.25, 0.3) is 5.91 Å². The minimum atomic E-state index is -0.281. The fourth-order valence-corrected chi connectivity index (χ4v) is 1.25. The van der Waals surface area contributed by atoms with Gasteiger partial charge in [-0.05, 0) is 12.1 Å². The number of rotatable bonds is 4. The van der Waals surface area contributed by atoms with Crippen molar-refractivity contribution in [3.8, 4) is 5.75 Å². The van der Waals surface area contributed by atoms with Crippen molar-refractivity contribution < 1.29 is 9.90 Å². The van der Waals surface area contributed by atoms with Gasteiger partial charge >= 0.3 is 0 Å². The van der Waals surface area contributed by atoms with Gasteiger partial charge < -0.3 is 5.11 Å². The first-order valence-electron chi connectivity index (χ1n) is 5.03. The summed E-state index contributed by atoms with van der Waals surface area (Å²) in [5.74, 6) is -0.279. The van der Waals surface area contributed by atoms with Gasteiger partial charge in [-0.25, -0.2) is 5.01 Å². The van der Waals surface area contributed by atoms with E-state index in [0.717, 1.165) is 13.1 Å². The molecule has 1 aromatic carbocycles. The summed E-state index contributed by atoms with van der Waals surface area (Å²) >= 11 is 0. The topological polar surface area (TPSA) is 52.6 Å². The van der Waals surface area contributed by atoms with Crippen LogP contribution >= 0.6 is 0 Å². The van der Waals surface area contributed by atoms with Gasteiger partial charge in [0.15, 0.2) is 0 Å². The highest BCUT2D eigenvalue weighted by atomic mass is 16.3. The fraction of sp³-hybridized carbons (Fsp3) is 0.364. The molecule has 0 aromatic heterocycles. The molecule has 0 radical (unpaired) electrons. The summed E-state index contributed by atoms with van der Waals surface area (Å²) in [6, 6.07) is 6.49. The molecule has 15 heavy (non-hydrogen) atoms. The number of aromatic hydroxyl groups is 1. The van der Waals surface area contributed by atoms with E-state index in [4.69, 9.17) is 0 Å². The number of para-hydroxylation sites is 1. The van der Waals surface area contributed by atoms with Gasteiger partial charge in [-0.2, -0.15) is 0 Å². The molecule has 4 heteroatoms. The number of hydrogen-bond acceptors (Lipinski definition) is 3. The number of phenolic OH excluding ortho intramolecular Hbond substituents is 1. The van der Waals surface area contributed by atoms with Crippen molar-refractivity contribution in [2.45, 2.75) is 13.8 Å². The maximum absolute atomic E-state index is 11.7. The normalized spacial score (nSPS) is 10.3. The second-order valence-corrected chi connectivity index (χ2v) is 3.13. The maximum atomic E-state index is 11.7.